The quantitative estimate of drug-likeness (QED) is 0.640. The predicted molar refractivity (Wildman–Crippen MR) is 64.4 cm³/mol. The molecular formula is C11H17IO2. The van der Waals surface area contributed by atoms with E-state index in [0.29, 0.717) is 0 Å². The predicted octanol–water partition coefficient (Wildman–Crippen LogP) is 3.26. The van der Waals surface area contributed by atoms with Crippen molar-refractivity contribution in [3.05, 3.63) is 9.15 Å². The molecule has 3 heteroatoms. The van der Waals surface area contributed by atoms with Gasteiger partial charge >= 0.3 is 0 Å². The van der Waals surface area contributed by atoms with Gasteiger partial charge in [-0.2, -0.15) is 0 Å². The molecule has 80 valence electrons. The van der Waals surface area contributed by atoms with Crippen LogP contribution in [0, 0.1) is 5.41 Å². The average molecular weight is 308 g/mol. The van der Waals surface area contributed by atoms with Crippen molar-refractivity contribution in [2.24, 2.45) is 5.41 Å². The van der Waals surface area contributed by atoms with Gasteiger partial charge in [0.25, 0.3) is 0 Å². The van der Waals surface area contributed by atoms with E-state index in [1.165, 1.54) is 9.15 Å². The van der Waals surface area contributed by atoms with Crippen LogP contribution in [0.25, 0.3) is 0 Å². The van der Waals surface area contributed by atoms with E-state index < -0.39 is 0 Å². The van der Waals surface area contributed by atoms with E-state index in [1.54, 1.807) is 0 Å². The van der Waals surface area contributed by atoms with Gasteiger partial charge in [-0.05, 0) is 35.9 Å². The topological polar surface area (TPSA) is 18.5 Å². The molecule has 0 aromatic carbocycles. The molecule has 1 aliphatic heterocycles. The number of rotatable bonds is 0. The monoisotopic (exact) mass is 308 g/mol. The minimum atomic E-state index is -0.344. The molecule has 0 atom stereocenters. The summed E-state index contributed by atoms with van der Waals surface area (Å²) in [5.74, 6) is -0.344. The summed E-state index contributed by atoms with van der Waals surface area (Å²) >= 11 is 2.44. The third-order valence-electron chi connectivity index (χ3n) is 3.46. The number of hydrogen-bond donors (Lipinski definition) is 0. The second-order valence-corrected chi connectivity index (χ2v) is 5.75. The molecule has 0 unspecified atom stereocenters. The molecule has 1 spiro atoms. The van der Waals surface area contributed by atoms with E-state index in [9.17, 15) is 0 Å². The highest BCUT2D eigenvalue weighted by Gasteiger charge is 2.53. The number of hydrogen-bond acceptors (Lipinski definition) is 2. The molecule has 0 saturated carbocycles. The van der Waals surface area contributed by atoms with Gasteiger partial charge in [-0.25, -0.2) is 0 Å². The van der Waals surface area contributed by atoms with Crippen LogP contribution in [0.3, 0.4) is 0 Å². The molecule has 14 heavy (non-hydrogen) atoms. The fourth-order valence-corrected chi connectivity index (χ4v) is 3.12. The Labute approximate surface area is 99.2 Å². The molecule has 0 bridgehead atoms. The Morgan fingerprint density at radius 2 is 1.79 bits per heavy atom. The first kappa shape index (κ1) is 10.9. The maximum Gasteiger partial charge on any atom is 0.178 e. The lowest BCUT2D eigenvalue weighted by molar-refractivity contribution is -0.221. The minimum Gasteiger partial charge on any atom is -0.347 e. The van der Waals surface area contributed by atoms with Gasteiger partial charge < -0.3 is 9.47 Å². The van der Waals surface area contributed by atoms with Crippen molar-refractivity contribution in [1.29, 1.82) is 0 Å². The molecule has 1 heterocycles. The van der Waals surface area contributed by atoms with Crippen LogP contribution in [0.1, 0.15) is 33.6 Å². The SMILES string of the molecule is CC1=C(I)C(C)(C)C2(CC1)OCCO2. The van der Waals surface area contributed by atoms with Gasteiger partial charge in [-0.15, -0.1) is 0 Å². The summed E-state index contributed by atoms with van der Waals surface area (Å²) in [6.07, 6.45) is 2.10. The molecule has 0 amide bonds. The molecule has 2 aliphatic rings. The van der Waals surface area contributed by atoms with Crippen molar-refractivity contribution in [1.82, 2.24) is 0 Å². The van der Waals surface area contributed by atoms with Crippen LogP contribution in [-0.2, 0) is 9.47 Å². The van der Waals surface area contributed by atoms with E-state index in [-0.39, 0.29) is 11.2 Å². The van der Waals surface area contributed by atoms with E-state index in [2.05, 4.69) is 43.4 Å². The molecule has 2 rings (SSSR count). The van der Waals surface area contributed by atoms with Gasteiger partial charge in [0.15, 0.2) is 5.79 Å². The number of allylic oxidation sites excluding steroid dienone is 1. The zero-order valence-electron chi connectivity index (χ0n) is 9.02. The van der Waals surface area contributed by atoms with Crippen molar-refractivity contribution < 1.29 is 9.47 Å². The first-order chi connectivity index (χ1) is 6.50. The summed E-state index contributed by atoms with van der Waals surface area (Å²) in [5.41, 5.74) is 1.49. The van der Waals surface area contributed by atoms with Crippen LogP contribution in [0.5, 0.6) is 0 Å². The lowest BCUT2D eigenvalue weighted by Gasteiger charge is -2.46. The second-order valence-electron chi connectivity index (χ2n) is 4.67. The first-order valence-electron chi connectivity index (χ1n) is 5.13. The summed E-state index contributed by atoms with van der Waals surface area (Å²) in [7, 11) is 0. The molecule has 2 nitrogen and oxygen atoms in total. The minimum absolute atomic E-state index is 0.00634. The largest absolute Gasteiger partial charge is 0.347 e. The fourth-order valence-electron chi connectivity index (χ4n) is 2.43. The highest BCUT2D eigenvalue weighted by Crippen LogP contribution is 2.53. The molecular weight excluding hydrogens is 291 g/mol. The second kappa shape index (κ2) is 3.46. The molecule has 0 aromatic rings. The Hall–Kier alpha value is 0.390. The van der Waals surface area contributed by atoms with Gasteiger partial charge in [0.2, 0.25) is 0 Å². The number of halogens is 1. The van der Waals surface area contributed by atoms with Gasteiger partial charge in [-0.1, -0.05) is 19.4 Å². The van der Waals surface area contributed by atoms with Crippen LogP contribution in [0.15, 0.2) is 9.15 Å². The maximum atomic E-state index is 5.85. The van der Waals surface area contributed by atoms with E-state index in [0.717, 1.165) is 26.1 Å². The van der Waals surface area contributed by atoms with Crippen LogP contribution >= 0.6 is 22.6 Å². The Balaban J connectivity index is 2.39. The first-order valence-corrected chi connectivity index (χ1v) is 6.21. The number of ether oxygens (including phenoxy) is 2. The van der Waals surface area contributed by atoms with Crippen molar-refractivity contribution in [2.45, 2.75) is 39.4 Å². The summed E-state index contributed by atoms with van der Waals surface area (Å²) in [4.78, 5) is 0. The van der Waals surface area contributed by atoms with E-state index >= 15 is 0 Å². The van der Waals surface area contributed by atoms with E-state index in [1.807, 2.05) is 0 Å². The Kier molecular flexibility index (Phi) is 2.69. The third kappa shape index (κ3) is 1.36. The zero-order valence-corrected chi connectivity index (χ0v) is 11.2. The lowest BCUT2D eigenvalue weighted by Crippen LogP contribution is -2.48. The summed E-state index contributed by atoms with van der Waals surface area (Å²) < 4.78 is 13.1. The standard InChI is InChI=1S/C11H17IO2/c1-8-4-5-11(13-6-7-14-11)10(2,3)9(8)12/h4-7H2,1-3H3. The highest BCUT2D eigenvalue weighted by molar-refractivity contribution is 14.1. The van der Waals surface area contributed by atoms with E-state index in [4.69, 9.17) is 9.47 Å². The zero-order chi connectivity index (χ0) is 10.4. The van der Waals surface area contributed by atoms with Crippen LogP contribution in [0.4, 0.5) is 0 Å². The summed E-state index contributed by atoms with van der Waals surface area (Å²) in [6, 6.07) is 0. The van der Waals surface area contributed by atoms with Gasteiger partial charge in [0.05, 0.1) is 13.2 Å². The molecule has 0 N–H and O–H groups in total. The molecule has 1 saturated heterocycles. The smallest absolute Gasteiger partial charge is 0.178 e. The van der Waals surface area contributed by atoms with Crippen LogP contribution in [-0.4, -0.2) is 19.0 Å². The Morgan fingerprint density at radius 3 is 2.36 bits per heavy atom. The molecule has 1 aliphatic carbocycles. The highest BCUT2D eigenvalue weighted by atomic mass is 127. The Bertz CT molecular complexity index is 275. The third-order valence-corrected chi connectivity index (χ3v) is 5.73. The normalized spacial score (nSPS) is 30.0. The summed E-state index contributed by atoms with van der Waals surface area (Å²) in [6.45, 7) is 8.15. The molecule has 0 radical (unpaired) electrons. The summed E-state index contributed by atoms with van der Waals surface area (Å²) in [5, 5.41) is 0. The molecule has 0 aromatic heterocycles. The van der Waals surface area contributed by atoms with Crippen molar-refractivity contribution >= 4 is 22.6 Å². The average Bonchev–Trinajstić information content (AvgIpc) is 2.60. The van der Waals surface area contributed by atoms with Crippen LogP contribution < -0.4 is 0 Å². The fraction of sp³-hybridized carbons (Fsp3) is 0.818. The van der Waals surface area contributed by atoms with Gasteiger partial charge in [0, 0.05) is 15.4 Å². The van der Waals surface area contributed by atoms with Gasteiger partial charge in [-0.3, -0.25) is 0 Å². The van der Waals surface area contributed by atoms with Crippen molar-refractivity contribution in [2.75, 3.05) is 13.2 Å². The lowest BCUT2D eigenvalue weighted by atomic mass is 9.74. The van der Waals surface area contributed by atoms with Gasteiger partial charge in [0.1, 0.15) is 0 Å². The van der Waals surface area contributed by atoms with Crippen LogP contribution in [0.2, 0.25) is 0 Å². The van der Waals surface area contributed by atoms with Crippen molar-refractivity contribution in [3.8, 4) is 0 Å². The van der Waals surface area contributed by atoms with Crippen molar-refractivity contribution in [3.63, 3.8) is 0 Å². The molecule has 1 fully saturated rings. The Morgan fingerprint density at radius 1 is 1.21 bits per heavy atom. The maximum absolute atomic E-state index is 5.85.